The van der Waals surface area contributed by atoms with Crippen LogP contribution in [0.5, 0.6) is 0 Å². The Balaban J connectivity index is 1.23. The van der Waals surface area contributed by atoms with Crippen molar-refractivity contribution in [3.8, 4) is 0 Å². The first-order valence-corrected chi connectivity index (χ1v) is 11.5. The molecular formula is C24H32F3N3O2. The zero-order valence-corrected chi connectivity index (χ0v) is 18.8. The molecule has 3 fully saturated rings. The minimum Gasteiger partial charge on any atom is -0.336 e. The highest BCUT2D eigenvalue weighted by Crippen LogP contribution is 2.46. The Labute approximate surface area is 187 Å². The number of likely N-dealkylation sites (tertiary alicyclic amines) is 2. The summed E-state index contributed by atoms with van der Waals surface area (Å²) < 4.78 is 39.3. The van der Waals surface area contributed by atoms with Crippen LogP contribution in [0.25, 0.3) is 0 Å². The number of rotatable bonds is 6. The van der Waals surface area contributed by atoms with Gasteiger partial charge in [-0.3, -0.25) is 9.59 Å². The van der Waals surface area contributed by atoms with E-state index in [1.54, 1.807) is 0 Å². The Bertz CT molecular complexity index is 873. The zero-order chi connectivity index (χ0) is 23.1. The summed E-state index contributed by atoms with van der Waals surface area (Å²) in [4.78, 5) is 29.1. The summed E-state index contributed by atoms with van der Waals surface area (Å²) in [5, 5.41) is 2.62. The number of benzene rings is 1. The van der Waals surface area contributed by atoms with Gasteiger partial charge in [-0.15, -0.1) is 0 Å². The maximum absolute atomic E-state index is 13.6. The summed E-state index contributed by atoms with van der Waals surface area (Å²) in [6.45, 7) is 7.88. The molecule has 4 rings (SSSR count). The van der Waals surface area contributed by atoms with Gasteiger partial charge in [0.15, 0.2) is 0 Å². The van der Waals surface area contributed by atoms with Crippen LogP contribution in [0.3, 0.4) is 0 Å². The highest BCUT2D eigenvalue weighted by Gasteiger charge is 2.46. The average Bonchev–Trinajstić information content (AvgIpc) is 2.96. The molecule has 1 aromatic carbocycles. The van der Waals surface area contributed by atoms with Gasteiger partial charge in [0.05, 0.1) is 0 Å². The number of amides is 2. The van der Waals surface area contributed by atoms with E-state index in [2.05, 4.69) is 24.1 Å². The minimum absolute atomic E-state index is 0.0528. The quantitative estimate of drug-likeness (QED) is 0.688. The number of nitrogens with one attached hydrogen (secondary N) is 1. The molecule has 0 atom stereocenters. The molecule has 8 heteroatoms. The molecule has 32 heavy (non-hydrogen) atoms. The third-order valence-corrected chi connectivity index (χ3v) is 7.60. The van der Waals surface area contributed by atoms with E-state index in [9.17, 15) is 22.8 Å². The van der Waals surface area contributed by atoms with E-state index in [1.807, 2.05) is 4.90 Å². The van der Waals surface area contributed by atoms with Crippen molar-refractivity contribution >= 4 is 17.5 Å². The standard InChI is InChI=1S/C24H32F3N3O2/c1-23(2)6-5-20(31)30(23)10-9-29-14-24(15-29)7-3-16(4-8-24)22(32)28-19-12-17(21(26)27)11-18(25)13-19/h11-13,16,21H,3-10,14-15H2,1-2H3,(H,28,32). The first-order chi connectivity index (χ1) is 15.1. The van der Waals surface area contributed by atoms with E-state index >= 15 is 0 Å². The lowest BCUT2D eigenvalue weighted by Gasteiger charge is -2.54. The third kappa shape index (κ3) is 4.80. The van der Waals surface area contributed by atoms with Crippen molar-refractivity contribution in [2.24, 2.45) is 11.3 Å². The van der Waals surface area contributed by atoms with Crippen molar-refractivity contribution < 1.29 is 22.8 Å². The van der Waals surface area contributed by atoms with Crippen molar-refractivity contribution in [3.05, 3.63) is 29.6 Å². The topological polar surface area (TPSA) is 52.7 Å². The van der Waals surface area contributed by atoms with Crippen LogP contribution in [-0.2, 0) is 9.59 Å². The van der Waals surface area contributed by atoms with E-state index in [0.29, 0.717) is 6.42 Å². The molecule has 1 spiro atoms. The number of anilines is 1. The smallest absolute Gasteiger partial charge is 0.264 e. The van der Waals surface area contributed by atoms with Crippen molar-refractivity contribution in [1.29, 1.82) is 0 Å². The molecule has 2 aliphatic heterocycles. The molecule has 3 aliphatic rings. The highest BCUT2D eigenvalue weighted by molar-refractivity contribution is 5.92. The van der Waals surface area contributed by atoms with Crippen LogP contribution in [0.4, 0.5) is 18.9 Å². The lowest BCUT2D eigenvalue weighted by atomic mass is 9.65. The second-order valence-corrected chi connectivity index (χ2v) is 10.4. The van der Waals surface area contributed by atoms with Gasteiger partial charge >= 0.3 is 0 Å². The first-order valence-electron chi connectivity index (χ1n) is 11.5. The van der Waals surface area contributed by atoms with Crippen LogP contribution in [0.15, 0.2) is 18.2 Å². The average molecular weight is 452 g/mol. The number of nitrogens with zero attached hydrogens (tertiary/aromatic N) is 2. The Morgan fingerprint density at radius 2 is 1.81 bits per heavy atom. The highest BCUT2D eigenvalue weighted by atomic mass is 19.3. The number of hydrogen-bond donors (Lipinski definition) is 1. The number of halogens is 3. The van der Waals surface area contributed by atoms with Crippen LogP contribution in [0.1, 0.15) is 64.4 Å². The van der Waals surface area contributed by atoms with Crippen molar-refractivity contribution in [2.75, 3.05) is 31.5 Å². The van der Waals surface area contributed by atoms with Gasteiger partial charge in [-0.25, -0.2) is 13.2 Å². The normalized spacial score (nSPS) is 23.1. The van der Waals surface area contributed by atoms with E-state index in [4.69, 9.17) is 0 Å². The summed E-state index contributed by atoms with van der Waals surface area (Å²) in [6, 6.07) is 2.99. The molecule has 2 amide bonds. The Hall–Kier alpha value is -2.09. The van der Waals surface area contributed by atoms with Gasteiger partial charge in [0.1, 0.15) is 5.82 Å². The van der Waals surface area contributed by atoms with Gasteiger partial charge < -0.3 is 15.1 Å². The van der Waals surface area contributed by atoms with Gasteiger partial charge in [-0.2, -0.15) is 0 Å². The summed E-state index contributed by atoms with van der Waals surface area (Å²) >= 11 is 0. The fraction of sp³-hybridized carbons (Fsp3) is 0.667. The van der Waals surface area contributed by atoms with E-state index in [0.717, 1.165) is 76.5 Å². The fourth-order valence-electron chi connectivity index (χ4n) is 5.61. The second-order valence-electron chi connectivity index (χ2n) is 10.4. The second kappa shape index (κ2) is 8.69. The first kappa shape index (κ1) is 23.1. The number of hydrogen-bond acceptors (Lipinski definition) is 3. The van der Waals surface area contributed by atoms with Crippen LogP contribution >= 0.6 is 0 Å². The molecule has 0 bridgehead atoms. The van der Waals surface area contributed by atoms with Crippen molar-refractivity contribution in [1.82, 2.24) is 9.80 Å². The van der Waals surface area contributed by atoms with E-state index < -0.39 is 17.8 Å². The molecule has 0 radical (unpaired) electrons. The summed E-state index contributed by atoms with van der Waals surface area (Å²) in [5.74, 6) is -0.947. The van der Waals surface area contributed by atoms with Crippen molar-refractivity contribution in [3.63, 3.8) is 0 Å². The fourth-order valence-corrected chi connectivity index (χ4v) is 5.61. The lowest BCUT2D eigenvalue weighted by Crippen LogP contribution is -2.59. The molecule has 2 saturated heterocycles. The maximum atomic E-state index is 13.6. The molecule has 0 unspecified atom stereocenters. The van der Waals surface area contributed by atoms with Crippen LogP contribution < -0.4 is 5.32 Å². The van der Waals surface area contributed by atoms with Gasteiger partial charge in [0.2, 0.25) is 11.8 Å². The molecular weight excluding hydrogens is 419 g/mol. The minimum atomic E-state index is -2.79. The number of carbonyl (C=O) groups excluding carboxylic acids is 2. The maximum Gasteiger partial charge on any atom is 0.264 e. The Kier molecular flexibility index (Phi) is 6.27. The lowest BCUT2D eigenvalue weighted by molar-refractivity contribution is -0.131. The molecule has 1 saturated carbocycles. The van der Waals surface area contributed by atoms with E-state index in [-0.39, 0.29) is 34.4 Å². The number of carbonyl (C=O) groups is 2. The molecule has 1 aliphatic carbocycles. The van der Waals surface area contributed by atoms with Gasteiger partial charge in [0, 0.05) is 55.3 Å². The van der Waals surface area contributed by atoms with Crippen LogP contribution in [0, 0.1) is 17.2 Å². The van der Waals surface area contributed by atoms with Crippen LogP contribution in [0.2, 0.25) is 0 Å². The largest absolute Gasteiger partial charge is 0.336 e. The molecule has 1 N–H and O–H groups in total. The Morgan fingerprint density at radius 3 is 2.41 bits per heavy atom. The molecule has 1 aromatic rings. The molecule has 0 aromatic heterocycles. The summed E-state index contributed by atoms with van der Waals surface area (Å²) in [6.07, 6.45) is 2.15. The monoisotopic (exact) mass is 451 g/mol. The van der Waals surface area contributed by atoms with Gasteiger partial charge in [-0.05, 0) is 69.6 Å². The number of alkyl halides is 2. The predicted molar refractivity (Wildman–Crippen MR) is 116 cm³/mol. The molecule has 5 nitrogen and oxygen atoms in total. The van der Waals surface area contributed by atoms with Gasteiger partial charge in [0.25, 0.3) is 6.43 Å². The third-order valence-electron chi connectivity index (χ3n) is 7.60. The zero-order valence-electron chi connectivity index (χ0n) is 18.8. The van der Waals surface area contributed by atoms with E-state index in [1.165, 1.54) is 0 Å². The molecule has 176 valence electrons. The van der Waals surface area contributed by atoms with Crippen LogP contribution in [-0.4, -0.2) is 53.3 Å². The Morgan fingerprint density at radius 1 is 1.12 bits per heavy atom. The molecule has 2 heterocycles. The predicted octanol–water partition coefficient (Wildman–Crippen LogP) is 4.60. The summed E-state index contributed by atoms with van der Waals surface area (Å²) in [7, 11) is 0. The summed E-state index contributed by atoms with van der Waals surface area (Å²) in [5.41, 5.74) is -0.164. The van der Waals surface area contributed by atoms with Gasteiger partial charge in [-0.1, -0.05) is 0 Å². The van der Waals surface area contributed by atoms with Crippen molar-refractivity contribution in [2.45, 2.75) is 64.3 Å². The SMILES string of the molecule is CC1(C)CCC(=O)N1CCN1CC2(CCC(C(=O)Nc3cc(F)cc(C(F)F)c3)CC2)C1.